The van der Waals surface area contributed by atoms with Crippen molar-refractivity contribution in [2.75, 3.05) is 0 Å². The zero-order valence-electron chi connectivity index (χ0n) is 21.6. The lowest BCUT2D eigenvalue weighted by atomic mass is 9.85. The van der Waals surface area contributed by atoms with Crippen molar-refractivity contribution in [3.05, 3.63) is 34.3 Å². The molecule has 1 N–H and O–H groups in total. The van der Waals surface area contributed by atoms with Gasteiger partial charge in [-0.2, -0.15) is 5.01 Å². The summed E-state index contributed by atoms with van der Waals surface area (Å²) in [6, 6.07) is 4.66. The van der Waals surface area contributed by atoms with Crippen LogP contribution in [0.2, 0.25) is 5.02 Å². The maximum atomic E-state index is 16.6. The minimum Gasteiger partial charge on any atom is -0.442 e. The average Bonchev–Trinajstić information content (AvgIpc) is 2.87. The Morgan fingerprint density at radius 1 is 1.00 bits per heavy atom. The summed E-state index contributed by atoms with van der Waals surface area (Å²) in [5, 5.41) is 0.645. The van der Waals surface area contributed by atoms with Crippen LogP contribution in [0.15, 0.2) is 18.2 Å². The van der Waals surface area contributed by atoms with Gasteiger partial charge in [-0.25, -0.2) is 19.4 Å². The third-order valence-electron chi connectivity index (χ3n) is 7.61. The van der Waals surface area contributed by atoms with Gasteiger partial charge in [0.2, 0.25) is 5.78 Å². The van der Waals surface area contributed by atoms with Gasteiger partial charge in [-0.05, 0) is 62.6 Å². The molecule has 0 fully saturated rings. The molecule has 1 aromatic carbocycles. The van der Waals surface area contributed by atoms with Crippen LogP contribution in [0.1, 0.15) is 102 Å². The van der Waals surface area contributed by atoms with Crippen molar-refractivity contribution in [3.63, 3.8) is 0 Å². The molecule has 196 valence electrons. The SMILES string of the molecule is CCC(CC)(CC)OC(=O)NN(C(=O)OC(CC)(CC)CC)[C@]1(F)CCc2ccc(Cl)cc2C1=O. The molecule has 35 heavy (non-hydrogen) atoms. The number of fused-ring (bicyclic) bond motifs is 1. The van der Waals surface area contributed by atoms with Crippen LogP contribution in [0.4, 0.5) is 14.0 Å². The summed E-state index contributed by atoms with van der Waals surface area (Å²) >= 11 is 6.06. The van der Waals surface area contributed by atoms with E-state index in [-0.39, 0.29) is 23.4 Å². The Morgan fingerprint density at radius 2 is 1.51 bits per heavy atom. The smallest absolute Gasteiger partial charge is 0.432 e. The molecule has 0 spiro atoms. The summed E-state index contributed by atoms with van der Waals surface area (Å²) in [6.45, 7) is 11.2. The summed E-state index contributed by atoms with van der Waals surface area (Å²) in [5.74, 6) is -3.84. The van der Waals surface area contributed by atoms with E-state index < -0.39 is 35.0 Å². The third-order valence-corrected chi connectivity index (χ3v) is 7.84. The van der Waals surface area contributed by atoms with Crippen LogP contribution < -0.4 is 5.43 Å². The number of hydrogen-bond donors (Lipinski definition) is 1. The Morgan fingerprint density at radius 3 is 2.03 bits per heavy atom. The van der Waals surface area contributed by atoms with E-state index in [2.05, 4.69) is 5.43 Å². The number of hydrogen-bond acceptors (Lipinski definition) is 5. The van der Waals surface area contributed by atoms with Crippen LogP contribution >= 0.6 is 11.6 Å². The van der Waals surface area contributed by atoms with Crippen molar-refractivity contribution in [2.24, 2.45) is 0 Å². The fourth-order valence-corrected chi connectivity index (χ4v) is 4.74. The van der Waals surface area contributed by atoms with Crippen LogP contribution in [0.3, 0.4) is 0 Å². The lowest BCUT2D eigenvalue weighted by Gasteiger charge is -2.41. The summed E-state index contributed by atoms with van der Waals surface area (Å²) in [5.41, 5.74) is 1.27. The van der Waals surface area contributed by atoms with Crippen LogP contribution in [0.25, 0.3) is 0 Å². The number of carbonyl (C=O) groups excluding carboxylic acids is 3. The predicted octanol–water partition coefficient (Wildman–Crippen LogP) is 7.15. The number of ketones is 1. The van der Waals surface area contributed by atoms with Gasteiger partial charge in [0, 0.05) is 17.0 Å². The monoisotopic (exact) mass is 512 g/mol. The van der Waals surface area contributed by atoms with Gasteiger partial charge in [0.05, 0.1) is 0 Å². The highest BCUT2D eigenvalue weighted by atomic mass is 35.5. The fraction of sp³-hybridized carbons (Fsp3) is 0.654. The highest BCUT2D eigenvalue weighted by molar-refractivity contribution is 6.31. The molecule has 9 heteroatoms. The van der Waals surface area contributed by atoms with E-state index in [0.717, 1.165) is 0 Å². The van der Waals surface area contributed by atoms with Gasteiger partial charge in [0.15, 0.2) is 0 Å². The van der Waals surface area contributed by atoms with Crippen molar-refractivity contribution in [2.45, 2.75) is 110 Å². The van der Waals surface area contributed by atoms with Crippen LogP contribution in [-0.4, -0.2) is 40.0 Å². The molecule has 2 rings (SSSR count). The van der Waals surface area contributed by atoms with E-state index in [0.29, 0.717) is 49.1 Å². The number of nitrogens with zero attached hydrogens (tertiary/aromatic N) is 1. The van der Waals surface area contributed by atoms with Crippen molar-refractivity contribution in [3.8, 4) is 0 Å². The van der Waals surface area contributed by atoms with E-state index in [1.807, 2.05) is 41.5 Å². The zero-order chi connectivity index (χ0) is 26.4. The molecule has 7 nitrogen and oxygen atoms in total. The Bertz CT molecular complexity index is 916. The van der Waals surface area contributed by atoms with Gasteiger partial charge in [0.1, 0.15) is 11.2 Å². The second-order valence-electron chi connectivity index (χ2n) is 9.08. The normalized spacial score (nSPS) is 18.0. The number of benzene rings is 1. The van der Waals surface area contributed by atoms with Gasteiger partial charge in [-0.3, -0.25) is 4.79 Å². The number of ether oxygens (including phenoxy) is 2. The fourth-order valence-electron chi connectivity index (χ4n) is 4.57. The highest BCUT2D eigenvalue weighted by Crippen LogP contribution is 2.37. The molecule has 0 bridgehead atoms. The number of hydrazine groups is 1. The van der Waals surface area contributed by atoms with Crippen molar-refractivity contribution in [1.82, 2.24) is 10.4 Å². The highest BCUT2D eigenvalue weighted by Gasteiger charge is 2.53. The van der Waals surface area contributed by atoms with Gasteiger partial charge in [0.25, 0.3) is 5.79 Å². The number of carbonyl (C=O) groups is 3. The molecular formula is C26H38ClFN2O5. The quantitative estimate of drug-likeness (QED) is 0.280. The first kappa shape index (κ1) is 28.9. The lowest BCUT2D eigenvalue weighted by molar-refractivity contribution is -0.0843. The Labute approximate surface area is 212 Å². The minimum atomic E-state index is -2.87. The number of aryl methyl sites for hydroxylation is 1. The molecule has 0 aromatic heterocycles. The van der Waals surface area contributed by atoms with Crippen LogP contribution in [0.5, 0.6) is 0 Å². The summed E-state index contributed by atoms with van der Waals surface area (Å²) in [7, 11) is 0. The van der Waals surface area contributed by atoms with E-state index in [1.165, 1.54) is 6.07 Å². The number of rotatable bonds is 9. The van der Waals surface area contributed by atoms with Gasteiger partial charge in [-0.1, -0.05) is 59.2 Å². The molecule has 0 saturated heterocycles. The number of amides is 2. The van der Waals surface area contributed by atoms with Gasteiger partial charge < -0.3 is 9.47 Å². The minimum absolute atomic E-state index is 0.0666. The lowest BCUT2D eigenvalue weighted by Crippen LogP contribution is -2.64. The molecule has 1 aliphatic rings. The van der Waals surface area contributed by atoms with Crippen molar-refractivity contribution < 1.29 is 28.2 Å². The molecule has 0 aliphatic heterocycles. The van der Waals surface area contributed by atoms with E-state index in [9.17, 15) is 14.4 Å². The molecule has 0 heterocycles. The topological polar surface area (TPSA) is 84.9 Å². The maximum absolute atomic E-state index is 16.6. The zero-order valence-corrected chi connectivity index (χ0v) is 22.4. The first-order valence-electron chi connectivity index (χ1n) is 12.5. The Kier molecular flexibility index (Phi) is 9.56. The molecule has 0 unspecified atom stereocenters. The van der Waals surface area contributed by atoms with E-state index in [1.54, 1.807) is 12.1 Å². The van der Waals surface area contributed by atoms with Crippen LogP contribution in [0, 0.1) is 0 Å². The third kappa shape index (κ3) is 5.90. The second kappa shape index (κ2) is 11.6. The standard InChI is InChI=1S/C26H38ClFN2O5/c1-7-24(8-2,9-3)34-22(32)29-30(23(33)35-25(10-4,11-5)12-6)26(28)16-15-18-13-14-19(27)17-20(18)21(26)31/h13-14,17H,7-12,15-16H2,1-6H3,(H,29,32)/t26-/m1/s1. The predicted molar refractivity (Wildman–Crippen MR) is 133 cm³/mol. The molecule has 0 radical (unpaired) electrons. The van der Waals surface area contributed by atoms with E-state index in [4.69, 9.17) is 21.1 Å². The molecule has 0 saturated carbocycles. The number of Topliss-reactive ketones (excluding diaryl/α,β-unsaturated/α-hetero) is 1. The number of alkyl halides is 1. The summed E-state index contributed by atoms with van der Waals surface area (Å²) in [4.78, 5) is 39.7. The molecule has 2 amide bonds. The Balaban J connectivity index is 2.48. The molecule has 1 atom stereocenters. The first-order valence-corrected chi connectivity index (χ1v) is 12.9. The summed E-state index contributed by atoms with van der Waals surface area (Å²) < 4.78 is 28.0. The van der Waals surface area contributed by atoms with Crippen molar-refractivity contribution in [1.29, 1.82) is 0 Å². The van der Waals surface area contributed by atoms with Crippen LogP contribution in [-0.2, 0) is 15.9 Å². The largest absolute Gasteiger partial charge is 0.442 e. The summed E-state index contributed by atoms with van der Waals surface area (Å²) in [6.07, 6.45) is 0.705. The molecule has 1 aromatic rings. The van der Waals surface area contributed by atoms with Gasteiger partial charge >= 0.3 is 12.2 Å². The average molecular weight is 513 g/mol. The second-order valence-corrected chi connectivity index (χ2v) is 9.52. The first-order chi connectivity index (χ1) is 16.5. The molecular weight excluding hydrogens is 475 g/mol. The van der Waals surface area contributed by atoms with Gasteiger partial charge in [-0.15, -0.1) is 0 Å². The van der Waals surface area contributed by atoms with Crippen molar-refractivity contribution >= 4 is 29.6 Å². The van der Waals surface area contributed by atoms with E-state index >= 15 is 4.39 Å². The number of nitrogens with one attached hydrogen (secondary N) is 1. The number of halogens is 2. The molecule has 1 aliphatic carbocycles. The maximum Gasteiger partial charge on any atom is 0.432 e. The Hall–Kier alpha value is -2.35.